The highest BCUT2D eigenvalue weighted by Crippen LogP contribution is 2.41. The van der Waals surface area contributed by atoms with Crippen molar-refractivity contribution in [2.75, 3.05) is 12.1 Å². The van der Waals surface area contributed by atoms with Gasteiger partial charge in [-0.3, -0.25) is 9.80 Å². The number of anilines is 1. The normalized spacial score (nSPS) is 15.5. The summed E-state index contributed by atoms with van der Waals surface area (Å²) in [6.07, 6.45) is 0.391. The van der Waals surface area contributed by atoms with Crippen LogP contribution in [0.3, 0.4) is 0 Å². The van der Waals surface area contributed by atoms with E-state index < -0.39 is 0 Å². The van der Waals surface area contributed by atoms with E-state index in [1.807, 2.05) is 48.3 Å². The van der Waals surface area contributed by atoms with E-state index in [0.29, 0.717) is 28.8 Å². The zero-order chi connectivity index (χ0) is 24.9. The van der Waals surface area contributed by atoms with Crippen LogP contribution >= 0.6 is 0 Å². The summed E-state index contributed by atoms with van der Waals surface area (Å²) in [5.74, 6) is 0.348. The Balaban J connectivity index is 1.70. The highest BCUT2D eigenvalue weighted by atomic mass is 16.5. The van der Waals surface area contributed by atoms with Crippen molar-refractivity contribution in [2.24, 2.45) is 12.1 Å². The van der Waals surface area contributed by atoms with Gasteiger partial charge < -0.3 is 19.5 Å². The minimum atomic E-state index is -0.302. The molecule has 1 atom stereocenters. The zero-order valence-corrected chi connectivity index (χ0v) is 20.1. The van der Waals surface area contributed by atoms with Crippen molar-refractivity contribution in [3.05, 3.63) is 93.3 Å². The molecule has 2 N–H and O–H groups in total. The number of ether oxygens (including phenoxy) is 1. The molecule has 0 saturated heterocycles. The van der Waals surface area contributed by atoms with Gasteiger partial charge in [0, 0.05) is 18.9 Å². The number of hydrazone groups is 1. The fourth-order valence-electron chi connectivity index (χ4n) is 4.67. The number of para-hydroxylation sites is 1. The van der Waals surface area contributed by atoms with E-state index in [1.165, 1.54) is 12.7 Å². The first-order valence-electron chi connectivity index (χ1n) is 11.4. The average Bonchev–Trinajstić information content (AvgIpc) is 3.29. The first-order valence-corrected chi connectivity index (χ1v) is 11.4. The number of phenolic OH excluding ortho intramolecular Hbond substituents is 1. The van der Waals surface area contributed by atoms with Crippen molar-refractivity contribution in [1.29, 1.82) is 0 Å². The van der Waals surface area contributed by atoms with Gasteiger partial charge in [0.15, 0.2) is 11.5 Å². The summed E-state index contributed by atoms with van der Waals surface area (Å²) >= 11 is 0. The van der Waals surface area contributed by atoms with Crippen molar-refractivity contribution in [2.45, 2.75) is 26.3 Å². The summed E-state index contributed by atoms with van der Waals surface area (Å²) in [6.45, 7) is 4.10. The Morgan fingerprint density at radius 1 is 1.00 bits per heavy atom. The molecule has 0 spiro atoms. The molecule has 1 unspecified atom stereocenters. The Morgan fingerprint density at radius 2 is 1.77 bits per heavy atom. The van der Waals surface area contributed by atoms with E-state index in [2.05, 4.69) is 13.0 Å². The number of benzene rings is 3. The minimum absolute atomic E-state index is 0.0502. The fraction of sp³-hybridized carbons (Fsp3) is 0.214. The van der Waals surface area contributed by atoms with Gasteiger partial charge in [-0.25, -0.2) is 0 Å². The van der Waals surface area contributed by atoms with E-state index in [-0.39, 0.29) is 28.7 Å². The number of aromatic nitrogens is 1. The molecule has 0 amide bonds. The lowest BCUT2D eigenvalue weighted by atomic mass is 9.96. The summed E-state index contributed by atoms with van der Waals surface area (Å²) in [5.41, 5.74) is 5.09. The molecule has 178 valence electrons. The van der Waals surface area contributed by atoms with E-state index in [4.69, 9.17) is 9.84 Å². The monoisotopic (exact) mass is 469 g/mol. The third-order valence-electron chi connectivity index (χ3n) is 6.82. The molecule has 0 bridgehead atoms. The van der Waals surface area contributed by atoms with Crippen molar-refractivity contribution < 1.29 is 14.9 Å². The van der Waals surface area contributed by atoms with Crippen LogP contribution in [0, 0.1) is 13.8 Å². The van der Waals surface area contributed by atoms with Crippen LogP contribution in [0.1, 0.15) is 34.7 Å². The molecule has 3 aromatic carbocycles. The van der Waals surface area contributed by atoms with Crippen molar-refractivity contribution in [1.82, 2.24) is 4.57 Å². The van der Waals surface area contributed by atoms with Gasteiger partial charge in [0.1, 0.15) is 11.3 Å². The number of pyridine rings is 1. The third-order valence-corrected chi connectivity index (χ3v) is 6.82. The van der Waals surface area contributed by atoms with Gasteiger partial charge in [-0.2, -0.15) is 5.10 Å². The molecule has 1 aliphatic rings. The Bertz CT molecular complexity index is 1550. The number of rotatable bonds is 4. The molecule has 1 aromatic heterocycles. The maximum Gasteiger partial charge on any atom is 0.263 e. The third kappa shape index (κ3) is 3.69. The Hall–Kier alpha value is -4.26. The van der Waals surface area contributed by atoms with Crippen LogP contribution in [0.25, 0.3) is 10.9 Å². The van der Waals surface area contributed by atoms with Gasteiger partial charge in [-0.05, 0) is 66.9 Å². The molecule has 7 nitrogen and oxygen atoms in total. The predicted octanol–water partition coefficient (Wildman–Crippen LogP) is 4.93. The Labute approximate surface area is 203 Å². The lowest BCUT2D eigenvalue weighted by molar-refractivity contribution is 0.372. The molecule has 4 aromatic rings. The van der Waals surface area contributed by atoms with Crippen LogP contribution in [0.15, 0.2) is 70.6 Å². The van der Waals surface area contributed by atoms with Crippen LogP contribution in [0.2, 0.25) is 0 Å². The van der Waals surface area contributed by atoms with Crippen LogP contribution in [-0.2, 0) is 7.05 Å². The zero-order valence-electron chi connectivity index (χ0n) is 20.1. The number of phenols is 1. The number of aromatic hydroxyl groups is 2. The lowest BCUT2D eigenvalue weighted by Crippen LogP contribution is -2.24. The van der Waals surface area contributed by atoms with Gasteiger partial charge in [0.2, 0.25) is 0 Å². The number of nitrogens with zero attached hydrogens (tertiary/aromatic N) is 3. The van der Waals surface area contributed by atoms with Gasteiger partial charge in [0.05, 0.1) is 30.1 Å². The number of methoxy groups -OCH3 is 1. The highest BCUT2D eigenvalue weighted by Gasteiger charge is 2.33. The summed E-state index contributed by atoms with van der Waals surface area (Å²) in [7, 11) is 3.21. The van der Waals surface area contributed by atoms with Crippen molar-refractivity contribution >= 4 is 22.3 Å². The van der Waals surface area contributed by atoms with E-state index in [9.17, 15) is 15.0 Å². The standard InChI is InChI=1S/C28H27N3O4/c1-16-9-11-19(13-17(16)2)31-23(18-10-12-24(32)25(14-18)35-4)15-21(29-31)26-27(33)20-7-5-6-8-22(20)30(3)28(26)34/h5-14,23,32-33H,15H2,1-4H3. The van der Waals surface area contributed by atoms with Crippen LogP contribution in [-0.4, -0.2) is 27.6 Å². The van der Waals surface area contributed by atoms with Crippen molar-refractivity contribution in [3.63, 3.8) is 0 Å². The Morgan fingerprint density at radius 3 is 2.51 bits per heavy atom. The average molecular weight is 470 g/mol. The lowest BCUT2D eigenvalue weighted by Gasteiger charge is -2.25. The SMILES string of the molecule is COc1cc(C2CC(c3c(O)c4ccccc4n(C)c3=O)=NN2c2ccc(C)c(C)c2)ccc1O. The second-order valence-corrected chi connectivity index (χ2v) is 8.92. The molecule has 2 heterocycles. The summed E-state index contributed by atoms with van der Waals surface area (Å²) in [5, 5.41) is 28.6. The van der Waals surface area contributed by atoms with E-state index in [0.717, 1.165) is 16.8 Å². The van der Waals surface area contributed by atoms with Gasteiger partial charge in [0.25, 0.3) is 5.56 Å². The molecule has 1 aliphatic heterocycles. The molecule has 5 rings (SSSR count). The van der Waals surface area contributed by atoms with Crippen LogP contribution < -0.4 is 15.3 Å². The van der Waals surface area contributed by atoms with Gasteiger partial charge >= 0.3 is 0 Å². The maximum absolute atomic E-state index is 13.4. The molecule has 0 radical (unpaired) electrons. The van der Waals surface area contributed by atoms with Crippen LogP contribution in [0.4, 0.5) is 5.69 Å². The summed E-state index contributed by atoms with van der Waals surface area (Å²) in [6, 6.07) is 18.3. The minimum Gasteiger partial charge on any atom is -0.506 e. The van der Waals surface area contributed by atoms with E-state index in [1.54, 1.807) is 29.8 Å². The number of hydrogen-bond acceptors (Lipinski definition) is 6. The topological polar surface area (TPSA) is 87.3 Å². The number of hydrogen-bond donors (Lipinski definition) is 2. The molecule has 0 saturated carbocycles. The van der Waals surface area contributed by atoms with E-state index >= 15 is 0 Å². The van der Waals surface area contributed by atoms with Crippen molar-refractivity contribution in [3.8, 4) is 17.2 Å². The van der Waals surface area contributed by atoms with Gasteiger partial charge in [-0.15, -0.1) is 0 Å². The fourth-order valence-corrected chi connectivity index (χ4v) is 4.67. The summed E-state index contributed by atoms with van der Waals surface area (Å²) in [4.78, 5) is 13.4. The first kappa shape index (κ1) is 22.5. The smallest absolute Gasteiger partial charge is 0.263 e. The molecule has 7 heteroatoms. The van der Waals surface area contributed by atoms with Gasteiger partial charge in [-0.1, -0.05) is 24.3 Å². The maximum atomic E-state index is 13.4. The highest BCUT2D eigenvalue weighted by molar-refractivity contribution is 6.08. The number of aryl methyl sites for hydroxylation is 3. The summed E-state index contributed by atoms with van der Waals surface area (Å²) < 4.78 is 6.88. The molecular weight excluding hydrogens is 442 g/mol. The second kappa shape index (κ2) is 8.51. The largest absolute Gasteiger partial charge is 0.506 e. The molecule has 0 aliphatic carbocycles. The first-order chi connectivity index (χ1) is 16.8. The predicted molar refractivity (Wildman–Crippen MR) is 138 cm³/mol. The molecule has 0 fully saturated rings. The second-order valence-electron chi connectivity index (χ2n) is 8.92. The molecular formula is C28H27N3O4. The quantitative estimate of drug-likeness (QED) is 0.443. The number of fused-ring (bicyclic) bond motifs is 1. The molecule has 35 heavy (non-hydrogen) atoms. The Kier molecular flexibility index (Phi) is 5.47. The van der Waals surface area contributed by atoms with Crippen LogP contribution in [0.5, 0.6) is 17.2 Å².